The van der Waals surface area contributed by atoms with E-state index in [1.807, 2.05) is 0 Å². The number of halogens is 2. The second-order valence-corrected chi connectivity index (χ2v) is 20.5. The average Bonchev–Trinajstić information content (AvgIpc) is 3.76. The van der Waals surface area contributed by atoms with Crippen LogP contribution in [0.4, 0.5) is 0 Å². The van der Waals surface area contributed by atoms with Gasteiger partial charge in [0, 0.05) is 0 Å². The number of allylic oxidation sites excluding steroid dienone is 6. The molecule has 0 spiro atoms. The Labute approximate surface area is 359 Å². The monoisotopic (exact) mass is 846 g/mol. The molecule has 0 amide bonds. The molecule has 0 atom stereocenters. The van der Waals surface area contributed by atoms with Crippen LogP contribution in [0.25, 0.3) is 33.4 Å². The number of hydrogen-bond donors (Lipinski definition) is 0. The molecule has 0 unspecified atom stereocenters. The Balaban J connectivity index is 0.00000266. The fourth-order valence-corrected chi connectivity index (χ4v) is 12.6. The standard InChI is InChI=1S/C33H33.C20H17.2ClH.Zr/c1-32(2,3)30-20-26-24(18-28(30)22-13-9-7-10-14-22)17-25-19-29(23-15-11-8-12-16-23)31(21-27(25)26)33(4,5)6;1-3-9-17(10-4-1)15-20(19-13-7-8-14-19)16-18-11-5-2-6-12-18;;;/h7-21H,1-6H3;1-13H,15-16H2;2*1H;/q;;;;+2/p-2. The molecule has 6 aromatic rings. The maximum Gasteiger partial charge on any atom is -1.00 e. The third-order valence-corrected chi connectivity index (χ3v) is 15.2. The maximum absolute atomic E-state index is 2.61. The molecule has 0 radical (unpaired) electrons. The smallest absolute Gasteiger partial charge is 1.00 e. The van der Waals surface area contributed by atoms with E-state index in [0.717, 1.165) is 12.8 Å². The van der Waals surface area contributed by atoms with Gasteiger partial charge in [0.2, 0.25) is 0 Å². The van der Waals surface area contributed by atoms with E-state index in [1.165, 1.54) is 77.9 Å². The van der Waals surface area contributed by atoms with Crippen molar-refractivity contribution in [3.8, 4) is 33.4 Å². The Morgan fingerprint density at radius 3 is 1.29 bits per heavy atom. The van der Waals surface area contributed by atoms with Crippen LogP contribution in [0.3, 0.4) is 0 Å². The Morgan fingerprint density at radius 1 is 0.500 bits per heavy atom. The maximum atomic E-state index is 2.61. The number of hydrogen-bond acceptors (Lipinski definition) is 0. The minimum Gasteiger partial charge on any atom is -1.00 e. The Bertz CT molecular complexity index is 2240. The van der Waals surface area contributed by atoms with E-state index in [4.69, 9.17) is 0 Å². The summed E-state index contributed by atoms with van der Waals surface area (Å²) >= 11 is -1.27. The van der Waals surface area contributed by atoms with E-state index in [0.29, 0.717) is 3.63 Å². The fourth-order valence-electron chi connectivity index (χ4n) is 8.40. The van der Waals surface area contributed by atoms with Gasteiger partial charge in [-0.15, -0.1) is 0 Å². The summed E-state index contributed by atoms with van der Waals surface area (Å²) in [4.78, 5) is 0. The first-order valence-corrected chi connectivity index (χ1v) is 22.1. The molecule has 280 valence electrons. The van der Waals surface area contributed by atoms with Crippen LogP contribution >= 0.6 is 0 Å². The molecule has 56 heavy (non-hydrogen) atoms. The predicted octanol–water partition coefficient (Wildman–Crippen LogP) is 8.01. The molecule has 0 fully saturated rings. The quantitative estimate of drug-likeness (QED) is 0.146. The third-order valence-electron chi connectivity index (χ3n) is 11.1. The molecule has 6 aromatic carbocycles. The summed E-state index contributed by atoms with van der Waals surface area (Å²) in [5.41, 5.74) is 19.9. The van der Waals surface area contributed by atoms with E-state index in [2.05, 4.69) is 205 Å². The van der Waals surface area contributed by atoms with E-state index in [1.54, 1.807) is 3.28 Å². The molecular formula is C53H50Cl2Zr. The molecule has 0 aliphatic heterocycles. The minimum atomic E-state index is -1.27. The molecule has 0 nitrogen and oxygen atoms in total. The second-order valence-electron chi connectivity index (χ2n) is 17.1. The molecule has 3 heteroatoms. The van der Waals surface area contributed by atoms with Crippen LogP contribution in [-0.4, -0.2) is 0 Å². The number of fused-ring (bicyclic) bond motifs is 3. The van der Waals surface area contributed by atoms with Gasteiger partial charge in [-0.1, -0.05) is 0 Å². The molecule has 8 rings (SSSR count). The van der Waals surface area contributed by atoms with Crippen molar-refractivity contribution in [2.24, 2.45) is 0 Å². The minimum absolute atomic E-state index is 0. The molecule has 0 N–H and O–H groups in total. The van der Waals surface area contributed by atoms with Gasteiger partial charge in [-0.05, 0) is 0 Å². The summed E-state index contributed by atoms with van der Waals surface area (Å²) < 4.78 is 1.99. The van der Waals surface area contributed by atoms with Gasteiger partial charge >= 0.3 is 337 Å². The van der Waals surface area contributed by atoms with Gasteiger partial charge in [0.1, 0.15) is 0 Å². The first-order chi connectivity index (χ1) is 26.0. The first kappa shape index (κ1) is 41.6. The van der Waals surface area contributed by atoms with Crippen LogP contribution in [0.5, 0.6) is 0 Å². The van der Waals surface area contributed by atoms with E-state index < -0.39 is 23.2 Å². The van der Waals surface area contributed by atoms with Gasteiger partial charge in [0.05, 0.1) is 0 Å². The Kier molecular flexibility index (Phi) is 12.8. The van der Waals surface area contributed by atoms with Crippen molar-refractivity contribution < 1.29 is 48.0 Å². The summed E-state index contributed by atoms with van der Waals surface area (Å²) in [5.74, 6) is 0. The van der Waals surface area contributed by atoms with Crippen molar-refractivity contribution in [2.75, 3.05) is 0 Å². The van der Waals surface area contributed by atoms with Gasteiger partial charge in [-0.3, -0.25) is 0 Å². The third kappa shape index (κ3) is 8.62. The Hall–Kier alpha value is -4.00. The van der Waals surface area contributed by atoms with E-state index in [9.17, 15) is 0 Å². The van der Waals surface area contributed by atoms with Crippen molar-refractivity contribution in [3.63, 3.8) is 0 Å². The average molecular weight is 849 g/mol. The molecule has 0 heterocycles. The normalized spacial score (nSPS) is 13.2. The Morgan fingerprint density at radius 2 is 0.893 bits per heavy atom. The fraction of sp³-hybridized carbons (Fsp3) is 0.208. The van der Waals surface area contributed by atoms with Gasteiger partial charge in [-0.2, -0.15) is 0 Å². The van der Waals surface area contributed by atoms with Gasteiger partial charge in [0.25, 0.3) is 0 Å². The van der Waals surface area contributed by atoms with E-state index in [-0.39, 0.29) is 35.6 Å². The SMILES string of the molecule is CC(C)(C)c1cc2c(cc1-c1ccccc1)[CH]([Zr+2][C]1=CC=CC1=C(Cc1ccccc1)Cc1ccccc1)c1cc(-c3ccccc3)c(C(C)(C)C)cc1-2.[Cl-].[Cl-]. The largest absolute Gasteiger partial charge is 1.00 e. The van der Waals surface area contributed by atoms with Gasteiger partial charge in [0.15, 0.2) is 0 Å². The predicted molar refractivity (Wildman–Crippen MR) is 227 cm³/mol. The summed E-state index contributed by atoms with van der Waals surface area (Å²) in [6.45, 7) is 14.2. The van der Waals surface area contributed by atoms with Crippen molar-refractivity contribution in [3.05, 3.63) is 212 Å². The van der Waals surface area contributed by atoms with Crippen molar-refractivity contribution in [1.82, 2.24) is 0 Å². The van der Waals surface area contributed by atoms with Crippen LogP contribution < -0.4 is 24.8 Å². The molecule has 2 aliphatic rings. The van der Waals surface area contributed by atoms with Crippen molar-refractivity contribution in [1.29, 1.82) is 0 Å². The topological polar surface area (TPSA) is 0 Å². The van der Waals surface area contributed by atoms with Gasteiger partial charge < -0.3 is 24.8 Å². The molecule has 0 saturated carbocycles. The van der Waals surface area contributed by atoms with Crippen LogP contribution in [0.2, 0.25) is 0 Å². The zero-order valence-electron chi connectivity index (χ0n) is 33.3. The molecule has 0 saturated heterocycles. The van der Waals surface area contributed by atoms with Crippen molar-refractivity contribution >= 4 is 0 Å². The molecular weight excluding hydrogens is 799 g/mol. The van der Waals surface area contributed by atoms with Crippen LogP contribution in [0.15, 0.2) is 178 Å². The molecule has 2 aliphatic carbocycles. The first-order valence-electron chi connectivity index (χ1n) is 19.5. The van der Waals surface area contributed by atoms with Crippen LogP contribution in [0.1, 0.15) is 78.5 Å². The summed E-state index contributed by atoms with van der Waals surface area (Å²) in [7, 11) is 0. The zero-order valence-corrected chi connectivity index (χ0v) is 37.3. The van der Waals surface area contributed by atoms with E-state index >= 15 is 0 Å². The number of rotatable bonds is 8. The second kappa shape index (κ2) is 17.2. The summed E-state index contributed by atoms with van der Waals surface area (Å²) in [6, 6.07) is 54.7. The summed E-state index contributed by atoms with van der Waals surface area (Å²) in [5, 5.41) is 0. The molecule has 0 bridgehead atoms. The summed E-state index contributed by atoms with van der Waals surface area (Å²) in [6.07, 6.45) is 9.14. The van der Waals surface area contributed by atoms with Gasteiger partial charge in [-0.25, -0.2) is 0 Å². The molecule has 0 aromatic heterocycles. The zero-order chi connectivity index (χ0) is 37.5. The number of benzene rings is 6. The van der Waals surface area contributed by atoms with Crippen LogP contribution in [-0.2, 0) is 46.9 Å². The van der Waals surface area contributed by atoms with Crippen LogP contribution in [0, 0.1) is 0 Å². The van der Waals surface area contributed by atoms with Crippen molar-refractivity contribution in [2.45, 2.75) is 68.8 Å².